The van der Waals surface area contributed by atoms with Gasteiger partial charge in [-0.3, -0.25) is 9.36 Å². The van der Waals surface area contributed by atoms with E-state index < -0.39 is 0 Å². The summed E-state index contributed by atoms with van der Waals surface area (Å²) in [5.41, 5.74) is 4.22. The molecule has 0 spiro atoms. The van der Waals surface area contributed by atoms with Crippen molar-refractivity contribution in [3.8, 4) is 0 Å². The molecule has 0 aliphatic heterocycles. The van der Waals surface area contributed by atoms with Crippen molar-refractivity contribution in [1.29, 1.82) is 0 Å². The molecule has 2 aromatic carbocycles. The van der Waals surface area contributed by atoms with Gasteiger partial charge >= 0.3 is 0 Å². The zero-order valence-electron chi connectivity index (χ0n) is 16.7. The standard InChI is InChI=1S/C22H20BrClN6S/c1-15-5-4-6-16(9-15)11-29-13-18(10-25-29)26-22(31)27-21-19(23)14-30(28-21)12-17-7-2-3-8-20(17)24/h2-10,13-14H,11-12H2,1H3,(H2,26,27,28,31). The number of nitrogens with one attached hydrogen (secondary N) is 2. The smallest absolute Gasteiger partial charge is 0.176 e. The van der Waals surface area contributed by atoms with Crippen LogP contribution in [0.3, 0.4) is 0 Å². The Kier molecular flexibility index (Phi) is 6.70. The lowest BCUT2D eigenvalue weighted by molar-refractivity contribution is 0.686. The van der Waals surface area contributed by atoms with Crippen molar-refractivity contribution in [1.82, 2.24) is 19.6 Å². The van der Waals surface area contributed by atoms with E-state index in [1.807, 2.05) is 41.3 Å². The van der Waals surface area contributed by atoms with Crippen molar-refractivity contribution in [2.45, 2.75) is 20.0 Å². The topological polar surface area (TPSA) is 59.7 Å². The van der Waals surface area contributed by atoms with Crippen LogP contribution in [-0.2, 0) is 13.1 Å². The molecule has 0 bridgehead atoms. The number of thiocarbonyl (C=S) groups is 1. The summed E-state index contributed by atoms with van der Waals surface area (Å²) in [6.07, 6.45) is 5.55. The van der Waals surface area contributed by atoms with Gasteiger partial charge < -0.3 is 10.6 Å². The van der Waals surface area contributed by atoms with E-state index in [1.54, 1.807) is 10.9 Å². The molecule has 0 aliphatic rings. The van der Waals surface area contributed by atoms with Crippen LogP contribution in [0.25, 0.3) is 0 Å². The third kappa shape index (κ3) is 5.72. The number of hydrogen-bond donors (Lipinski definition) is 2. The van der Waals surface area contributed by atoms with Gasteiger partial charge in [0, 0.05) is 17.4 Å². The third-order valence-corrected chi connectivity index (χ3v) is 5.71. The number of aryl methyl sites for hydroxylation is 1. The second kappa shape index (κ2) is 9.64. The van der Waals surface area contributed by atoms with Gasteiger partial charge in [-0.1, -0.05) is 59.6 Å². The highest BCUT2D eigenvalue weighted by atomic mass is 79.9. The van der Waals surface area contributed by atoms with Crippen LogP contribution < -0.4 is 10.6 Å². The molecule has 2 heterocycles. The minimum Gasteiger partial charge on any atom is -0.330 e. The van der Waals surface area contributed by atoms with Gasteiger partial charge in [0.15, 0.2) is 10.9 Å². The van der Waals surface area contributed by atoms with Crippen molar-refractivity contribution in [3.63, 3.8) is 0 Å². The lowest BCUT2D eigenvalue weighted by Crippen LogP contribution is -2.19. The predicted octanol–water partition coefficient (Wildman–Crippen LogP) is 5.71. The molecule has 4 aromatic rings. The lowest BCUT2D eigenvalue weighted by atomic mass is 10.1. The van der Waals surface area contributed by atoms with Crippen LogP contribution in [0.2, 0.25) is 5.02 Å². The van der Waals surface area contributed by atoms with E-state index in [2.05, 4.69) is 68.0 Å². The largest absolute Gasteiger partial charge is 0.330 e. The Morgan fingerprint density at radius 1 is 1.06 bits per heavy atom. The number of benzene rings is 2. The van der Waals surface area contributed by atoms with Crippen molar-refractivity contribution >= 4 is 56.4 Å². The Morgan fingerprint density at radius 3 is 2.71 bits per heavy atom. The molecule has 0 aliphatic carbocycles. The van der Waals surface area contributed by atoms with Crippen molar-refractivity contribution in [2.24, 2.45) is 0 Å². The first kappa shape index (κ1) is 21.5. The first-order valence-electron chi connectivity index (χ1n) is 9.58. The van der Waals surface area contributed by atoms with Gasteiger partial charge in [0.2, 0.25) is 0 Å². The summed E-state index contributed by atoms with van der Waals surface area (Å²) in [5, 5.41) is 16.4. The maximum atomic E-state index is 6.25. The molecule has 0 atom stereocenters. The summed E-state index contributed by atoms with van der Waals surface area (Å²) in [6.45, 7) is 3.34. The minimum absolute atomic E-state index is 0.429. The average molecular weight is 516 g/mol. The van der Waals surface area contributed by atoms with Crippen LogP contribution >= 0.6 is 39.7 Å². The van der Waals surface area contributed by atoms with Gasteiger partial charge in [0.1, 0.15) is 0 Å². The van der Waals surface area contributed by atoms with E-state index in [4.69, 9.17) is 23.8 Å². The van der Waals surface area contributed by atoms with Crippen molar-refractivity contribution in [2.75, 3.05) is 10.6 Å². The summed E-state index contributed by atoms with van der Waals surface area (Å²) in [4.78, 5) is 0. The van der Waals surface area contributed by atoms with E-state index in [0.717, 1.165) is 15.7 Å². The maximum absolute atomic E-state index is 6.25. The van der Waals surface area contributed by atoms with Crippen LogP contribution in [0, 0.1) is 6.92 Å². The molecule has 0 amide bonds. The normalized spacial score (nSPS) is 10.8. The zero-order valence-corrected chi connectivity index (χ0v) is 19.9. The summed E-state index contributed by atoms with van der Waals surface area (Å²) in [7, 11) is 0. The van der Waals surface area contributed by atoms with Crippen LogP contribution in [0.5, 0.6) is 0 Å². The van der Waals surface area contributed by atoms with Crippen molar-refractivity contribution < 1.29 is 0 Å². The fourth-order valence-corrected chi connectivity index (χ4v) is 3.97. The van der Waals surface area contributed by atoms with Gasteiger partial charge in [-0.05, 0) is 52.3 Å². The quantitative estimate of drug-likeness (QED) is 0.322. The van der Waals surface area contributed by atoms with E-state index >= 15 is 0 Å². The second-order valence-electron chi connectivity index (χ2n) is 7.11. The molecule has 0 radical (unpaired) electrons. The molecular weight excluding hydrogens is 496 g/mol. The fraction of sp³-hybridized carbons (Fsp3) is 0.136. The van der Waals surface area contributed by atoms with E-state index in [1.165, 1.54) is 11.1 Å². The highest BCUT2D eigenvalue weighted by molar-refractivity contribution is 9.10. The molecule has 2 aromatic heterocycles. The molecular formula is C22H20BrClN6S. The highest BCUT2D eigenvalue weighted by Gasteiger charge is 2.10. The van der Waals surface area contributed by atoms with Crippen LogP contribution in [-0.4, -0.2) is 24.7 Å². The number of anilines is 2. The Morgan fingerprint density at radius 2 is 1.90 bits per heavy atom. The molecule has 0 fully saturated rings. The average Bonchev–Trinajstić information content (AvgIpc) is 3.29. The summed E-state index contributed by atoms with van der Waals surface area (Å²) in [6, 6.07) is 16.1. The van der Waals surface area contributed by atoms with E-state index in [9.17, 15) is 0 Å². The highest BCUT2D eigenvalue weighted by Crippen LogP contribution is 2.23. The molecule has 0 unspecified atom stereocenters. The molecule has 2 N–H and O–H groups in total. The molecule has 158 valence electrons. The Labute approximate surface area is 199 Å². The molecule has 9 heteroatoms. The van der Waals surface area contributed by atoms with Crippen molar-refractivity contribution in [3.05, 3.63) is 93.3 Å². The lowest BCUT2D eigenvalue weighted by Gasteiger charge is -2.07. The van der Waals surface area contributed by atoms with Crippen LogP contribution in [0.1, 0.15) is 16.7 Å². The minimum atomic E-state index is 0.429. The monoisotopic (exact) mass is 514 g/mol. The Hall–Kier alpha value is -2.68. The number of aromatic nitrogens is 4. The first-order valence-corrected chi connectivity index (χ1v) is 11.2. The first-order chi connectivity index (χ1) is 15.0. The number of hydrogen-bond acceptors (Lipinski definition) is 3. The molecule has 4 rings (SSSR count). The second-order valence-corrected chi connectivity index (χ2v) is 8.78. The van der Waals surface area contributed by atoms with Crippen LogP contribution in [0.4, 0.5) is 11.5 Å². The molecule has 31 heavy (non-hydrogen) atoms. The van der Waals surface area contributed by atoms with E-state index in [0.29, 0.717) is 29.0 Å². The number of nitrogens with zero attached hydrogens (tertiary/aromatic N) is 4. The SMILES string of the molecule is Cc1cccc(Cn2cc(NC(=S)Nc3nn(Cc4ccccc4Cl)cc3Br)cn2)c1. The molecule has 6 nitrogen and oxygen atoms in total. The predicted molar refractivity (Wildman–Crippen MR) is 133 cm³/mol. The number of halogens is 2. The van der Waals surface area contributed by atoms with Gasteiger partial charge in [-0.15, -0.1) is 0 Å². The summed E-state index contributed by atoms with van der Waals surface area (Å²) >= 11 is 15.2. The summed E-state index contributed by atoms with van der Waals surface area (Å²) < 4.78 is 4.48. The van der Waals surface area contributed by atoms with Gasteiger partial charge in [0.25, 0.3) is 0 Å². The zero-order chi connectivity index (χ0) is 21.8. The van der Waals surface area contributed by atoms with Gasteiger partial charge in [-0.2, -0.15) is 10.2 Å². The molecule has 0 saturated heterocycles. The van der Waals surface area contributed by atoms with Gasteiger partial charge in [0.05, 0.1) is 29.4 Å². The van der Waals surface area contributed by atoms with Crippen LogP contribution in [0.15, 0.2) is 71.6 Å². The maximum Gasteiger partial charge on any atom is 0.176 e. The number of rotatable bonds is 6. The molecule has 0 saturated carbocycles. The summed E-state index contributed by atoms with van der Waals surface area (Å²) in [5.74, 6) is 0.622. The van der Waals surface area contributed by atoms with E-state index in [-0.39, 0.29) is 0 Å². The Balaban J connectivity index is 1.36. The Bertz CT molecular complexity index is 1220. The third-order valence-electron chi connectivity index (χ3n) is 4.56. The van der Waals surface area contributed by atoms with Gasteiger partial charge in [-0.25, -0.2) is 0 Å². The fourth-order valence-electron chi connectivity index (χ4n) is 3.15.